The van der Waals surface area contributed by atoms with Crippen LogP contribution in [0.3, 0.4) is 0 Å². The summed E-state index contributed by atoms with van der Waals surface area (Å²) in [6.45, 7) is 4.52. The number of nitrogens with zero attached hydrogens (tertiary/aromatic N) is 2. The zero-order valence-corrected chi connectivity index (χ0v) is 12.1. The minimum atomic E-state index is -0.0617. The van der Waals surface area contributed by atoms with E-state index in [2.05, 4.69) is 10.4 Å². The molecule has 21 heavy (non-hydrogen) atoms. The number of hydrogen-bond donors (Lipinski definition) is 1. The number of aromatic nitrogens is 2. The van der Waals surface area contributed by atoms with Crippen LogP contribution in [0.4, 0.5) is 0 Å². The van der Waals surface area contributed by atoms with Gasteiger partial charge >= 0.3 is 0 Å². The van der Waals surface area contributed by atoms with E-state index in [1.165, 1.54) is 5.56 Å². The quantitative estimate of drug-likeness (QED) is 0.801. The Morgan fingerprint density at radius 1 is 1.19 bits per heavy atom. The van der Waals surface area contributed by atoms with Gasteiger partial charge in [0.25, 0.3) is 5.91 Å². The molecular weight excluding hydrogens is 262 g/mol. The molecule has 2 aromatic heterocycles. The summed E-state index contributed by atoms with van der Waals surface area (Å²) >= 11 is 0. The fourth-order valence-electron chi connectivity index (χ4n) is 2.28. The van der Waals surface area contributed by atoms with E-state index in [4.69, 9.17) is 0 Å². The molecule has 0 bridgehead atoms. The predicted molar refractivity (Wildman–Crippen MR) is 82.3 cm³/mol. The molecule has 4 heteroatoms. The maximum absolute atomic E-state index is 12.2. The van der Waals surface area contributed by atoms with Crippen molar-refractivity contribution in [1.82, 2.24) is 14.9 Å². The molecule has 0 aliphatic rings. The molecule has 0 aliphatic carbocycles. The number of fused-ring (bicyclic) bond motifs is 1. The first-order chi connectivity index (χ1) is 10.1. The fourth-order valence-corrected chi connectivity index (χ4v) is 2.28. The van der Waals surface area contributed by atoms with Crippen molar-refractivity contribution < 1.29 is 4.79 Å². The fraction of sp³-hybridized carbons (Fsp3) is 0.176. The van der Waals surface area contributed by atoms with Crippen LogP contribution in [0.15, 0.2) is 48.8 Å². The van der Waals surface area contributed by atoms with E-state index >= 15 is 0 Å². The number of aryl methyl sites for hydroxylation is 2. The second-order valence-corrected chi connectivity index (χ2v) is 5.18. The standard InChI is InChI=1S/C17H17N3O/c1-12-6-7-14(9-13(12)2)17(21)18-10-15-11-19-20-8-4-3-5-16(15)20/h3-9,11H,10H2,1-2H3,(H,18,21). The van der Waals surface area contributed by atoms with Crippen LogP contribution in [-0.4, -0.2) is 15.5 Å². The number of amides is 1. The van der Waals surface area contributed by atoms with E-state index in [0.29, 0.717) is 12.1 Å². The van der Waals surface area contributed by atoms with Crippen LogP contribution < -0.4 is 5.32 Å². The number of carbonyl (C=O) groups is 1. The Balaban J connectivity index is 1.75. The Morgan fingerprint density at radius 2 is 2.05 bits per heavy atom. The second kappa shape index (κ2) is 5.40. The van der Waals surface area contributed by atoms with Crippen LogP contribution in [0.2, 0.25) is 0 Å². The zero-order chi connectivity index (χ0) is 14.8. The van der Waals surface area contributed by atoms with Gasteiger partial charge in [-0.25, -0.2) is 4.52 Å². The number of nitrogens with one attached hydrogen (secondary N) is 1. The van der Waals surface area contributed by atoms with E-state index < -0.39 is 0 Å². The van der Waals surface area contributed by atoms with Crippen LogP contribution in [0.5, 0.6) is 0 Å². The second-order valence-electron chi connectivity index (χ2n) is 5.18. The highest BCUT2D eigenvalue weighted by atomic mass is 16.1. The summed E-state index contributed by atoms with van der Waals surface area (Å²) in [5.74, 6) is -0.0617. The molecule has 3 rings (SSSR count). The Hall–Kier alpha value is -2.62. The van der Waals surface area contributed by atoms with Gasteiger partial charge in [0.15, 0.2) is 0 Å². The zero-order valence-electron chi connectivity index (χ0n) is 12.1. The van der Waals surface area contributed by atoms with Gasteiger partial charge in [-0.3, -0.25) is 4.79 Å². The molecule has 4 nitrogen and oxygen atoms in total. The highest BCUT2D eigenvalue weighted by molar-refractivity contribution is 5.94. The van der Waals surface area contributed by atoms with Gasteiger partial charge in [-0.1, -0.05) is 12.1 Å². The van der Waals surface area contributed by atoms with E-state index in [0.717, 1.165) is 16.6 Å². The molecule has 1 aromatic carbocycles. The van der Waals surface area contributed by atoms with E-state index in [-0.39, 0.29) is 5.91 Å². The first-order valence-corrected chi connectivity index (χ1v) is 6.92. The summed E-state index contributed by atoms with van der Waals surface area (Å²) < 4.78 is 1.80. The summed E-state index contributed by atoms with van der Waals surface area (Å²) in [7, 11) is 0. The van der Waals surface area contributed by atoms with Crippen molar-refractivity contribution in [2.75, 3.05) is 0 Å². The smallest absolute Gasteiger partial charge is 0.251 e. The third-order valence-electron chi connectivity index (χ3n) is 3.71. The van der Waals surface area contributed by atoms with Crippen molar-refractivity contribution in [2.45, 2.75) is 20.4 Å². The maximum atomic E-state index is 12.2. The molecule has 0 saturated carbocycles. The van der Waals surface area contributed by atoms with Crippen molar-refractivity contribution in [3.63, 3.8) is 0 Å². The SMILES string of the molecule is Cc1ccc(C(=O)NCc2cnn3ccccc23)cc1C. The normalized spacial score (nSPS) is 10.8. The number of pyridine rings is 1. The predicted octanol–water partition coefficient (Wildman–Crippen LogP) is 2.88. The molecule has 0 radical (unpaired) electrons. The lowest BCUT2D eigenvalue weighted by Crippen LogP contribution is -2.22. The molecule has 0 spiro atoms. The van der Waals surface area contributed by atoms with Gasteiger partial charge in [-0.05, 0) is 49.2 Å². The average molecular weight is 279 g/mol. The lowest BCUT2D eigenvalue weighted by atomic mass is 10.1. The molecule has 0 unspecified atom stereocenters. The lowest BCUT2D eigenvalue weighted by Gasteiger charge is -2.06. The highest BCUT2D eigenvalue weighted by Crippen LogP contribution is 2.12. The largest absolute Gasteiger partial charge is 0.348 e. The molecule has 0 atom stereocenters. The first-order valence-electron chi connectivity index (χ1n) is 6.92. The van der Waals surface area contributed by atoms with E-state index in [1.54, 1.807) is 10.7 Å². The highest BCUT2D eigenvalue weighted by Gasteiger charge is 2.08. The maximum Gasteiger partial charge on any atom is 0.251 e. The van der Waals surface area contributed by atoms with Crippen molar-refractivity contribution in [1.29, 1.82) is 0 Å². The van der Waals surface area contributed by atoms with Crippen LogP contribution in [0, 0.1) is 13.8 Å². The number of benzene rings is 1. The van der Waals surface area contributed by atoms with Gasteiger partial charge in [-0.2, -0.15) is 5.10 Å². The van der Waals surface area contributed by atoms with Crippen molar-refractivity contribution in [3.05, 3.63) is 71.0 Å². The molecule has 0 aliphatic heterocycles. The van der Waals surface area contributed by atoms with Crippen molar-refractivity contribution >= 4 is 11.4 Å². The van der Waals surface area contributed by atoms with Gasteiger partial charge in [0, 0.05) is 23.9 Å². The number of hydrogen-bond acceptors (Lipinski definition) is 2. The monoisotopic (exact) mass is 279 g/mol. The van der Waals surface area contributed by atoms with Crippen LogP contribution in [0.25, 0.3) is 5.52 Å². The number of rotatable bonds is 3. The van der Waals surface area contributed by atoms with E-state index in [1.807, 2.05) is 56.4 Å². The minimum Gasteiger partial charge on any atom is -0.348 e. The Kier molecular flexibility index (Phi) is 3.44. The Morgan fingerprint density at radius 3 is 2.86 bits per heavy atom. The topological polar surface area (TPSA) is 46.4 Å². The van der Waals surface area contributed by atoms with Crippen molar-refractivity contribution in [2.24, 2.45) is 0 Å². The summed E-state index contributed by atoms with van der Waals surface area (Å²) in [4.78, 5) is 12.2. The van der Waals surface area contributed by atoms with Gasteiger partial charge in [-0.15, -0.1) is 0 Å². The van der Waals surface area contributed by atoms with Crippen LogP contribution in [0.1, 0.15) is 27.0 Å². The summed E-state index contributed by atoms with van der Waals surface area (Å²) in [5.41, 5.74) is 5.02. The summed E-state index contributed by atoms with van der Waals surface area (Å²) in [5, 5.41) is 7.21. The molecule has 0 saturated heterocycles. The van der Waals surface area contributed by atoms with E-state index in [9.17, 15) is 4.79 Å². The van der Waals surface area contributed by atoms with Crippen LogP contribution in [-0.2, 0) is 6.54 Å². The summed E-state index contributed by atoms with van der Waals surface area (Å²) in [6, 6.07) is 11.6. The third kappa shape index (κ3) is 2.65. The average Bonchev–Trinajstić information content (AvgIpc) is 2.91. The van der Waals surface area contributed by atoms with Gasteiger partial charge < -0.3 is 5.32 Å². The molecule has 2 heterocycles. The van der Waals surface area contributed by atoms with Crippen molar-refractivity contribution in [3.8, 4) is 0 Å². The molecule has 106 valence electrons. The number of carbonyl (C=O) groups excluding carboxylic acids is 1. The van der Waals surface area contributed by atoms with Gasteiger partial charge in [0.2, 0.25) is 0 Å². The first kappa shape index (κ1) is 13.4. The van der Waals surface area contributed by atoms with Crippen LogP contribution >= 0.6 is 0 Å². The third-order valence-corrected chi connectivity index (χ3v) is 3.71. The summed E-state index contributed by atoms with van der Waals surface area (Å²) in [6.07, 6.45) is 3.68. The van der Waals surface area contributed by atoms with Gasteiger partial charge in [0.05, 0.1) is 11.7 Å². The Labute approximate surface area is 123 Å². The van der Waals surface area contributed by atoms with Gasteiger partial charge in [0.1, 0.15) is 0 Å². The minimum absolute atomic E-state index is 0.0617. The molecule has 1 N–H and O–H groups in total. The molecule has 1 amide bonds. The molecule has 3 aromatic rings. The molecular formula is C17H17N3O. The lowest BCUT2D eigenvalue weighted by molar-refractivity contribution is 0.0951. The molecule has 0 fully saturated rings. The Bertz CT molecular complexity index is 805.